The molecule has 1 saturated heterocycles. The maximum absolute atomic E-state index is 8.39. The third kappa shape index (κ3) is 8.70. The van der Waals surface area contributed by atoms with E-state index in [9.17, 15) is 0 Å². The molecule has 1 heterocycles. The lowest BCUT2D eigenvalue weighted by atomic mass is 10.1. The summed E-state index contributed by atoms with van der Waals surface area (Å²) in [6.45, 7) is 11.1. The first-order valence-corrected chi connectivity index (χ1v) is 6.49. The van der Waals surface area contributed by atoms with Crippen molar-refractivity contribution in [3.05, 3.63) is 0 Å². The number of likely N-dealkylation sites (tertiary alicyclic amines) is 1. The molecule has 0 unspecified atom stereocenters. The Balaban J connectivity index is 0. The Morgan fingerprint density at radius 1 is 1.19 bits per heavy atom. The van der Waals surface area contributed by atoms with Gasteiger partial charge >= 0.3 is 0 Å². The number of piperidine rings is 1. The highest BCUT2D eigenvalue weighted by atomic mass is 16.5. The number of ether oxygens (including phenoxy) is 1. The van der Waals surface area contributed by atoms with Crippen molar-refractivity contribution in [1.82, 2.24) is 4.90 Å². The zero-order valence-corrected chi connectivity index (χ0v) is 11.6. The van der Waals surface area contributed by atoms with Crippen LogP contribution < -0.4 is 0 Å². The molecule has 0 radical (unpaired) electrons. The fourth-order valence-electron chi connectivity index (χ4n) is 1.58. The van der Waals surface area contributed by atoms with Crippen LogP contribution in [0, 0.1) is 11.3 Å². The van der Waals surface area contributed by atoms with Gasteiger partial charge in [-0.2, -0.15) is 5.26 Å². The zero-order chi connectivity index (χ0) is 12.8. The minimum atomic E-state index is 0.448. The van der Waals surface area contributed by atoms with Gasteiger partial charge in [-0.15, -0.1) is 0 Å². The van der Waals surface area contributed by atoms with Gasteiger partial charge in [0.05, 0.1) is 12.2 Å². The van der Waals surface area contributed by atoms with E-state index >= 15 is 0 Å². The Kier molecular flexibility index (Phi) is 16.0. The molecule has 1 rings (SSSR count). The molecule has 1 aliphatic rings. The fraction of sp³-hybridized carbons (Fsp3) is 0.923. The average Bonchev–Trinajstić information content (AvgIpc) is 2.41. The maximum Gasteiger partial charge on any atom is 0.0635 e. The lowest BCUT2D eigenvalue weighted by Crippen LogP contribution is -2.37. The molecule has 0 amide bonds. The van der Waals surface area contributed by atoms with E-state index in [2.05, 4.69) is 11.0 Å². The van der Waals surface area contributed by atoms with Crippen molar-refractivity contribution in [2.45, 2.75) is 53.1 Å². The van der Waals surface area contributed by atoms with Crippen molar-refractivity contribution in [3.63, 3.8) is 0 Å². The second-order valence-corrected chi connectivity index (χ2v) is 3.18. The SMILES string of the molecule is CC.CC.COC1CCN(CCC#N)CC1. The van der Waals surface area contributed by atoms with E-state index in [1.165, 1.54) is 0 Å². The highest BCUT2D eigenvalue weighted by Gasteiger charge is 2.17. The van der Waals surface area contributed by atoms with Crippen molar-refractivity contribution in [1.29, 1.82) is 5.26 Å². The van der Waals surface area contributed by atoms with Crippen LogP contribution in [0.2, 0.25) is 0 Å². The van der Waals surface area contributed by atoms with Crippen molar-refractivity contribution in [2.24, 2.45) is 0 Å². The third-order valence-electron chi connectivity index (χ3n) is 2.41. The highest BCUT2D eigenvalue weighted by Crippen LogP contribution is 2.12. The molecule has 0 bridgehead atoms. The summed E-state index contributed by atoms with van der Waals surface area (Å²) in [5.41, 5.74) is 0. The fourth-order valence-corrected chi connectivity index (χ4v) is 1.58. The lowest BCUT2D eigenvalue weighted by molar-refractivity contribution is 0.0418. The molecule has 0 saturated carbocycles. The van der Waals surface area contributed by atoms with Gasteiger partial charge in [-0.05, 0) is 12.8 Å². The van der Waals surface area contributed by atoms with E-state index in [1.54, 1.807) is 7.11 Å². The Labute approximate surface area is 101 Å². The summed E-state index contributed by atoms with van der Waals surface area (Å²) in [4.78, 5) is 2.33. The van der Waals surface area contributed by atoms with Gasteiger partial charge in [0.2, 0.25) is 0 Å². The number of hydrogen-bond acceptors (Lipinski definition) is 3. The van der Waals surface area contributed by atoms with E-state index in [0.29, 0.717) is 12.5 Å². The Morgan fingerprint density at radius 2 is 1.69 bits per heavy atom. The van der Waals surface area contributed by atoms with Crippen LogP contribution in [-0.2, 0) is 4.74 Å². The smallest absolute Gasteiger partial charge is 0.0635 e. The van der Waals surface area contributed by atoms with Gasteiger partial charge in [0.15, 0.2) is 0 Å². The number of nitrogens with zero attached hydrogens (tertiary/aromatic N) is 2. The quantitative estimate of drug-likeness (QED) is 0.745. The van der Waals surface area contributed by atoms with Gasteiger partial charge in [-0.3, -0.25) is 0 Å². The van der Waals surface area contributed by atoms with Crippen LogP contribution in [0.3, 0.4) is 0 Å². The first kappa shape index (κ1) is 17.8. The van der Waals surface area contributed by atoms with E-state index in [-0.39, 0.29) is 0 Å². The molecule has 3 nitrogen and oxygen atoms in total. The summed E-state index contributed by atoms with van der Waals surface area (Å²) in [7, 11) is 1.77. The number of nitriles is 1. The van der Waals surface area contributed by atoms with Crippen molar-refractivity contribution in [2.75, 3.05) is 26.7 Å². The van der Waals surface area contributed by atoms with Gasteiger partial charge < -0.3 is 9.64 Å². The first-order valence-electron chi connectivity index (χ1n) is 6.49. The van der Waals surface area contributed by atoms with E-state index in [0.717, 1.165) is 32.5 Å². The molecule has 0 aliphatic carbocycles. The molecule has 0 aromatic rings. The van der Waals surface area contributed by atoms with Gasteiger partial charge in [0, 0.05) is 33.2 Å². The second kappa shape index (κ2) is 14.4. The summed E-state index contributed by atoms with van der Waals surface area (Å²) in [6, 6.07) is 2.17. The molecule has 0 spiro atoms. The zero-order valence-electron chi connectivity index (χ0n) is 11.6. The van der Waals surface area contributed by atoms with Gasteiger partial charge in [-0.25, -0.2) is 0 Å². The summed E-state index contributed by atoms with van der Waals surface area (Å²) < 4.78 is 5.25. The molecule has 0 aromatic heterocycles. The predicted octanol–water partition coefficient (Wildman–Crippen LogP) is 3.06. The molecule has 1 aliphatic heterocycles. The van der Waals surface area contributed by atoms with Gasteiger partial charge in [0.25, 0.3) is 0 Å². The summed E-state index contributed by atoms with van der Waals surface area (Å²) >= 11 is 0. The Bertz CT molecular complexity index is 158. The first-order chi connectivity index (χ1) is 7.86. The van der Waals surface area contributed by atoms with Crippen LogP contribution in [0.1, 0.15) is 47.0 Å². The summed E-state index contributed by atoms with van der Waals surface area (Å²) in [5, 5.41) is 8.39. The lowest BCUT2D eigenvalue weighted by Gasteiger charge is -2.30. The van der Waals surface area contributed by atoms with E-state index in [4.69, 9.17) is 10.00 Å². The molecule has 0 aromatic carbocycles. The van der Waals surface area contributed by atoms with Crippen LogP contribution in [0.4, 0.5) is 0 Å². The summed E-state index contributed by atoms with van der Waals surface area (Å²) in [5.74, 6) is 0. The van der Waals surface area contributed by atoms with Crippen LogP contribution in [0.5, 0.6) is 0 Å². The number of hydrogen-bond donors (Lipinski definition) is 0. The van der Waals surface area contributed by atoms with E-state index in [1.807, 2.05) is 27.7 Å². The standard InChI is InChI=1S/C9H16N2O.2C2H6/c1-12-9-3-7-11(8-4-9)6-2-5-10;2*1-2/h9H,2-4,6-8H2,1H3;2*1-2H3. The molecule has 0 atom stereocenters. The highest BCUT2D eigenvalue weighted by molar-refractivity contribution is 4.76. The number of methoxy groups -OCH3 is 1. The molecule has 0 N–H and O–H groups in total. The predicted molar refractivity (Wildman–Crippen MR) is 69.4 cm³/mol. The second-order valence-electron chi connectivity index (χ2n) is 3.18. The van der Waals surface area contributed by atoms with E-state index < -0.39 is 0 Å². The van der Waals surface area contributed by atoms with Gasteiger partial charge in [0.1, 0.15) is 0 Å². The summed E-state index contributed by atoms with van der Waals surface area (Å²) in [6.07, 6.45) is 3.32. The minimum absolute atomic E-state index is 0.448. The Hall–Kier alpha value is -0.590. The molecular formula is C13H28N2O. The largest absolute Gasteiger partial charge is 0.381 e. The van der Waals surface area contributed by atoms with Crippen molar-refractivity contribution < 1.29 is 4.74 Å². The van der Waals surface area contributed by atoms with Crippen LogP contribution in [0.25, 0.3) is 0 Å². The third-order valence-corrected chi connectivity index (χ3v) is 2.41. The normalized spacial score (nSPS) is 16.2. The molecular weight excluding hydrogens is 200 g/mol. The van der Waals surface area contributed by atoms with Crippen molar-refractivity contribution in [3.8, 4) is 6.07 Å². The molecule has 3 heteroatoms. The van der Waals surface area contributed by atoms with Crippen LogP contribution >= 0.6 is 0 Å². The van der Waals surface area contributed by atoms with Crippen LogP contribution in [-0.4, -0.2) is 37.7 Å². The monoisotopic (exact) mass is 228 g/mol. The molecule has 96 valence electrons. The topological polar surface area (TPSA) is 36.3 Å². The minimum Gasteiger partial charge on any atom is -0.381 e. The maximum atomic E-state index is 8.39. The molecule has 16 heavy (non-hydrogen) atoms. The number of rotatable bonds is 3. The molecule has 1 fully saturated rings. The Morgan fingerprint density at radius 3 is 2.06 bits per heavy atom. The van der Waals surface area contributed by atoms with Crippen LogP contribution in [0.15, 0.2) is 0 Å². The average molecular weight is 228 g/mol. The van der Waals surface area contributed by atoms with Gasteiger partial charge in [-0.1, -0.05) is 27.7 Å². The van der Waals surface area contributed by atoms with Crippen molar-refractivity contribution >= 4 is 0 Å².